The first-order chi connectivity index (χ1) is 15.2. The molecule has 182 valence electrons. The van der Waals surface area contributed by atoms with Gasteiger partial charge in [-0.1, -0.05) is 57.2 Å². The van der Waals surface area contributed by atoms with E-state index < -0.39 is 27.8 Å². The Morgan fingerprint density at radius 2 is 1.67 bits per heavy atom. The number of nitrogens with zero attached hydrogens (tertiary/aromatic N) is 1. The maximum Gasteiger partial charge on any atom is 0.249 e. The van der Waals surface area contributed by atoms with Gasteiger partial charge < -0.3 is 13.6 Å². The van der Waals surface area contributed by atoms with E-state index in [2.05, 4.69) is 65.7 Å². The molecule has 1 aliphatic carbocycles. The van der Waals surface area contributed by atoms with Crippen LogP contribution in [0.4, 0.5) is 0 Å². The number of benzene rings is 1. The van der Waals surface area contributed by atoms with Crippen LogP contribution in [0, 0.1) is 0 Å². The minimum atomic E-state index is -2.14. The van der Waals surface area contributed by atoms with Gasteiger partial charge in [0, 0.05) is 0 Å². The van der Waals surface area contributed by atoms with Gasteiger partial charge in [-0.05, 0) is 49.4 Å². The normalized spacial score (nSPS) is 31.9. The Kier molecular flexibility index (Phi) is 6.12. The van der Waals surface area contributed by atoms with E-state index in [-0.39, 0.29) is 23.2 Å². The highest BCUT2D eigenvalue weighted by molar-refractivity contribution is 6.74. The lowest BCUT2D eigenvalue weighted by atomic mass is 9.71. The first kappa shape index (κ1) is 24.8. The predicted molar refractivity (Wildman–Crippen MR) is 134 cm³/mol. The standard InChI is InChI=1S/C25H39NO5Si2/c1-23(2,3)33(7,8)31-22-21(30-32(4,5)6)24(14-15-25(22)18-28-25)16-20(27)26(24)29-17-19-12-10-9-11-13-19/h9-15,21-22H,16-18H2,1-8H3/t21-,22+,24+,25+/m1/s1. The molecule has 0 saturated carbocycles. The van der Waals surface area contributed by atoms with Crippen LogP contribution in [-0.2, 0) is 29.8 Å². The Morgan fingerprint density at radius 3 is 2.18 bits per heavy atom. The molecule has 33 heavy (non-hydrogen) atoms. The van der Waals surface area contributed by atoms with Crippen molar-refractivity contribution < 1.29 is 23.2 Å². The average molecular weight is 490 g/mol. The van der Waals surface area contributed by atoms with Crippen molar-refractivity contribution in [1.82, 2.24) is 5.06 Å². The van der Waals surface area contributed by atoms with Crippen LogP contribution in [0.3, 0.4) is 0 Å². The lowest BCUT2D eigenvalue weighted by Gasteiger charge is -2.58. The Balaban J connectivity index is 1.68. The molecule has 2 heterocycles. The van der Waals surface area contributed by atoms with Gasteiger partial charge in [-0.25, -0.2) is 5.06 Å². The summed E-state index contributed by atoms with van der Waals surface area (Å²) in [5, 5.41) is 1.58. The monoisotopic (exact) mass is 489 g/mol. The Bertz CT molecular complexity index is 917. The van der Waals surface area contributed by atoms with Crippen LogP contribution < -0.4 is 0 Å². The number of amides is 1. The van der Waals surface area contributed by atoms with E-state index in [1.54, 1.807) is 5.06 Å². The summed E-state index contributed by atoms with van der Waals surface area (Å²) in [6.45, 7) is 18.7. The minimum Gasteiger partial charge on any atom is -0.409 e. The number of rotatable bonds is 7. The Hall–Kier alpha value is -1.30. The zero-order valence-corrected chi connectivity index (χ0v) is 23.3. The topological polar surface area (TPSA) is 60.5 Å². The van der Waals surface area contributed by atoms with E-state index in [0.717, 1.165) is 5.56 Å². The van der Waals surface area contributed by atoms with Crippen molar-refractivity contribution in [2.24, 2.45) is 0 Å². The summed E-state index contributed by atoms with van der Waals surface area (Å²) in [5.74, 6) is -0.0292. The van der Waals surface area contributed by atoms with Gasteiger partial charge in [-0.3, -0.25) is 9.63 Å². The number of β-lactam (4-membered cyclic amide) rings is 1. The molecule has 2 saturated heterocycles. The molecule has 0 unspecified atom stereocenters. The third-order valence-electron chi connectivity index (χ3n) is 7.33. The second-order valence-corrected chi connectivity index (χ2v) is 21.4. The molecule has 2 fully saturated rings. The van der Waals surface area contributed by atoms with Crippen LogP contribution in [0.5, 0.6) is 0 Å². The summed E-state index contributed by atoms with van der Waals surface area (Å²) < 4.78 is 19.9. The zero-order valence-electron chi connectivity index (χ0n) is 21.3. The van der Waals surface area contributed by atoms with Crippen molar-refractivity contribution >= 4 is 22.5 Å². The molecular formula is C25H39NO5Si2. The largest absolute Gasteiger partial charge is 0.409 e. The molecule has 0 bridgehead atoms. The number of hydroxylamine groups is 2. The van der Waals surface area contributed by atoms with Gasteiger partial charge in [-0.15, -0.1) is 0 Å². The molecule has 0 aromatic heterocycles. The third-order valence-corrected chi connectivity index (χ3v) is 12.7. The number of ether oxygens (including phenoxy) is 1. The van der Waals surface area contributed by atoms with Crippen LogP contribution in [0.25, 0.3) is 0 Å². The van der Waals surface area contributed by atoms with E-state index >= 15 is 0 Å². The predicted octanol–water partition coefficient (Wildman–Crippen LogP) is 5.04. The quantitative estimate of drug-likeness (QED) is 0.232. The molecule has 4 atom stereocenters. The van der Waals surface area contributed by atoms with Gasteiger partial charge in [0.05, 0.1) is 13.0 Å². The number of epoxide rings is 1. The summed E-state index contributed by atoms with van der Waals surface area (Å²) in [6.07, 6.45) is 3.90. The summed E-state index contributed by atoms with van der Waals surface area (Å²) in [7, 11) is -4.14. The average Bonchev–Trinajstić information content (AvgIpc) is 3.46. The second kappa shape index (κ2) is 8.14. The molecule has 2 aliphatic heterocycles. The molecule has 1 amide bonds. The zero-order chi connectivity index (χ0) is 24.3. The van der Waals surface area contributed by atoms with Gasteiger partial charge in [0.2, 0.25) is 5.91 Å². The molecule has 1 aromatic rings. The van der Waals surface area contributed by atoms with Crippen LogP contribution >= 0.6 is 0 Å². The number of carbonyl (C=O) groups excluding carboxylic acids is 1. The first-order valence-corrected chi connectivity index (χ1v) is 18.2. The molecule has 4 rings (SSSR count). The van der Waals surface area contributed by atoms with Gasteiger partial charge in [0.25, 0.3) is 0 Å². The third kappa shape index (κ3) is 4.66. The highest BCUT2D eigenvalue weighted by atomic mass is 28.4. The number of hydrogen-bond acceptors (Lipinski definition) is 5. The summed E-state index contributed by atoms with van der Waals surface area (Å²) >= 11 is 0. The molecule has 8 heteroatoms. The summed E-state index contributed by atoms with van der Waals surface area (Å²) in [5.41, 5.74) is -0.142. The molecule has 6 nitrogen and oxygen atoms in total. The second-order valence-electron chi connectivity index (χ2n) is 12.1. The Morgan fingerprint density at radius 1 is 1.03 bits per heavy atom. The fourth-order valence-electron chi connectivity index (χ4n) is 4.31. The van der Waals surface area contributed by atoms with Crippen LogP contribution in [-0.4, -0.2) is 57.6 Å². The van der Waals surface area contributed by atoms with Gasteiger partial charge >= 0.3 is 0 Å². The van der Waals surface area contributed by atoms with Gasteiger partial charge in [-0.2, -0.15) is 0 Å². The fraction of sp³-hybridized carbons (Fsp3) is 0.640. The minimum absolute atomic E-state index is 0.0292. The van der Waals surface area contributed by atoms with E-state index in [1.165, 1.54) is 0 Å². The SMILES string of the molecule is CC(C)(C)[Si](C)(C)O[C@H]1[C@@H](O[Si](C)(C)C)[C@]2(C=C[C@]13CO3)CC(=O)N2OCc1ccccc1. The van der Waals surface area contributed by atoms with E-state index in [1.807, 2.05) is 30.3 Å². The van der Waals surface area contributed by atoms with E-state index in [4.69, 9.17) is 18.4 Å². The molecule has 2 spiro atoms. The van der Waals surface area contributed by atoms with Crippen molar-refractivity contribution in [3.63, 3.8) is 0 Å². The van der Waals surface area contributed by atoms with Crippen molar-refractivity contribution in [3.05, 3.63) is 48.0 Å². The van der Waals surface area contributed by atoms with Crippen LogP contribution in [0.1, 0.15) is 32.8 Å². The maximum absolute atomic E-state index is 12.8. The number of carbonyl (C=O) groups is 1. The van der Waals surface area contributed by atoms with E-state index in [9.17, 15) is 4.79 Å². The molecular weight excluding hydrogens is 450 g/mol. The molecule has 3 aliphatic rings. The lowest BCUT2D eigenvalue weighted by Crippen LogP contribution is -2.75. The van der Waals surface area contributed by atoms with Crippen molar-refractivity contribution in [1.29, 1.82) is 0 Å². The van der Waals surface area contributed by atoms with Crippen molar-refractivity contribution in [3.8, 4) is 0 Å². The maximum atomic E-state index is 12.8. The van der Waals surface area contributed by atoms with E-state index in [0.29, 0.717) is 19.6 Å². The van der Waals surface area contributed by atoms with Crippen molar-refractivity contribution in [2.75, 3.05) is 6.61 Å². The first-order valence-electron chi connectivity index (χ1n) is 11.9. The van der Waals surface area contributed by atoms with Gasteiger partial charge in [0.1, 0.15) is 30.0 Å². The molecule has 0 N–H and O–H groups in total. The molecule has 1 aromatic carbocycles. The Labute approximate surface area is 200 Å². The summed E-state index contributed by atoms with van der Waals surface area (Å²) in [4.78, 5) is 19.0. The van der Waals surface area contributed by atoms with Crippen LogP contribution in [0.2, 0.25) is 37.8 Å². The van der Waals surface area contributed by atoms with Gasteiger partial charge in [0.15, 0.2) is 16.6 Å². The highest BCUT2D eigenvalue weighted by Crippen LogP contribution is 2.53. The highest BCUT2D eigenvalue weighted by Gasteiger charge is 2.69. The molecule has 0 radical (unpaired) electrons. The van der Waals surface area contributed by atoms with Crippen molar-refractivity contribution in [2.45, 2.75) is 94.9 Å². The number of hydrogen-bond donors (Lipinski definition) is 0. The fourth-order valence-corrected chi connectivity index (χ4v) is 6.71. The lowest BCUT2D eigenvalue weighted by molar-refractivity contribution is -0.276. The smallest absolute Gasteiger partial charge is 0.249 e. The summed E-state index contributed by atoms with van der Waals surface area (Å²) in [6, 6.07) is 9.92. The van der Waals surface area contributed by atoms with Crippen LogP contribution in [0.15, 0.2) is 42.5 Å².